The van der Waals surface area contributed by atoms with Crippen LogP contribution in [0.5, 0.6) is 0 Å². The molecule has 0 radical (unpaired) electrons. The summed E-state index contributed by atoms with van der Waals surface area (Å²) >= 11 is 0. The lowest BCUT2D eigenvalue weighted by molar-refractivity contribution is -0.393. The average Bonchev–Trinajstić information content (AvgIpc) is 2.90. The number of nitrogens with zero attached hydrogens (tertiary/aromatic N) is 3. The van der Waals surface area contributed by atoms with E-state index in [4.69, 9.17) is 0 Å². The molecule has 14 heteroatoms. The highest BCUT2D eigenvalue weighted by atomic mass is 16.6. The number of carbonyl (C=O) groups excluding carboxylic acids is 3. The van der Waals surface area contributed by atoms with Gasteiger partial charge in [-0.25, -0.2) is 4.79 Å². The number of rotatable bonds is 6. The predicted octanol–water partition coefficient (Wildman–Crippen LogP) is -0.775. The summed E-state index contributed by atoms with van der Waals surface area (Å²) in [5.41, 5.74) is 0.198. The van der Waals surface area contributed by atoms with E-state index in [2.05, 4.69) is 21.2 Å². The summed E-state index contributed by atoms with van der Waals surface area (Å²) in [5.74, 6) is -1.86. The zero-order valence-corrected chi connectivity index (χ0v) is 13.0. The van der Waals surface area contributed by atoms with Crippen LogP contribution in [0, 0.1) is 20.2 Å². The molecule has 0 saturated carbocycles. The number of imide groups is 1. The first-order valence-corrected chi connectivity index (χ1v) is 6.84. The molecule has 1 aliphatic heterocycles. The van der Waals surface area contributed by atoms with Crippen LogP contribution >= 0.6 is 0 Å². The Bertz CT molecular complexity index is 850. The maximum Gasteiger partial charge on any atom is 0.322 e. The summed E-state index contributed by atoms with van der Waals surface area (Å²) in [5, 5.41) is 31.7. The maximum absolute atomic E-state index is 12.4. The molecule has 0 aliphatic carbocycles. The summed E-state index contributed by atoms with van der Waals surface area (Å²) in [6, 6.07) is 0.360. The van der Waals surface area contributed by atoms with Gasteiger partial charge in [0.05, 0.1) is 15.9 Å². The van der Waals surface area contributed by atoms with E-state index in [-0.39, 0.29) is 5.69 Å². The van der Waals surface area contributed by atoms with Crippen molar-refractivity contribution in [2.75, 3.05) is 12.4 Å². The summed E-state index contributed by atoms with van der Waals surface area (Å²) in [4.78, 5) is 55.3. The zero-order valence-electron chi connectivity index (χ0n) is 13.0. The van der Waals surface area contributed by atoms with E-state index < -0.39 is 50.8 Å². The Labute approximate surface area is 143 Å². The number of nitro benzene ring substituents is 2. The van der Waals surface area contributed by atoms with Crippen LogP contribution in [0.1, 0.15) is 0 Å². The molecule has 1 atom stereocenters. The number of hydrazone groups is 1. The lowest BCUT2D eigenvalue weighted by atomic mass is 10.1. The number of anilines is 1. The fourth-order valence-electron chi connectivity index (χ4n) is 2.05. The van der Waals surface area contributed by atoms with Crippen molar-refractivity contribution in [1.82, 2.24) is 16.1 Å². The van der Waals surface area contributed by atoms with Gasteiger partial charge in [-0.05, 0) is 6.07 Å². The molecule has 4 N–H and O–H groups in total. The van der Waals surface area contributed by atoms with Crippen molar-refractivity contribution in [2.24, 2.45) is 5.10 Å². The molecule has 1 heterocycles. The number of hydrogen-bond acceptors (Lipinski definition) is 9. The molecule has 1 unspecified atom stereocenters. The first-order chi connectivity index (χ1) is 12.2. The van der Waals surface area contributed by atoms with Crippen molar-refractivity contribution in [3.63, 3.8) is 0 Å². The first kappa shape index (κ1) is 18.2. The van der Waals surface area contributed by atoms with E-state index in [0.29, 0.717) is 6.07 Å². The average molecular weight is 365 g/mol. The Morgan fingerprint density at radius 3 is 2.42 bits per heavy atom. The second kappa shape index (κ2) is 7.20. The van der Waals surface area contributed by atoms with E-state index in [0.717, 1.165) is 12.1 Å². The van der Waals surface area contributed by atoms with Crippen LogP contribution in [-0.4, -0.2) is 46.5 Å². The molecule has 14 nitrogen and oxygen atoms in total. The number of urea groups is 1. The van der Waals surface area contributed by atoms with Gasteiger partial charge in [-0.2, -0.15) is 5.10 Å². The Morgan fingerprint density at radius 1 is 1.23 bits per heavy atom. The van der Waals surface area contributed by atoms with Crippen molar-refractivity contribution in [2.45, 2.75) is 6.04 Å². The highest BCUT2D eigenvalue weighted by Gasteiger charge is 2.38. The van der Waals surface area contributed by atoms with E-state index in [9.17, 15) is 34.6 Å². The third-order valence-electron chi connectivity index (χ3n) is 3.15. The molecule has 0 aromatic heterocycles. The van der Waals surface area contributed by atoms with Crippen LogP contribution in [-0.2, 0) is 9.59 Å². The highest BCUT2D eigenvalue weighted by molar-refractivity contribution is 6.49. The molecule has 1 aliphatic rings. The Hall–Kier alpha value is -4.10. The molecule has 2 rings (SSSR count). The number of non-ortho nitro benzene ring substituents is 1. The fraction of sp³-hybridized carbons (Fsp3) is 0.167. The summed E-state index contributed by atoms with van der Waals surface area (Å²) < 4.78 is 0. The lowest BCUT2D eigenvalue weighted by Gasteiger charge is -2.12. The number of nitro groups is 2. The molecule has 1 fully saturated rings. The topological polar surface area (TPSA) is 198 Å². The molecule has 4 amide bonds. The minimum absolute atomic E-state index is 0.348. The van der Waals surface area contributed by atoms with Crippen LogP contribution in [0.3, 0.4) is 0 Å². The number of carbonyl (C=O) groups is 3. The summed E-state index contributed by atoms with van der Waals surface area (Å²) in [6.45, 7) is 0. The van der Waals surface area contributed by atoms with Gasteiger partial charge >= 0.3 is 6.03 Å². The van der Waals surface area contributed by atoms with E-state index in [1.54, 1.807) is 0 Å². The van der Waals surface area contributed by atoms with Gasteiger partial charge in [0.25, 0.3) is 23.2 Å². The molecule has 0 bridgehead atoms. The molecular formula is C12H11N7O7. The molecule has 136 valence electrons. The number of hydrogen-bond donors (Lipinski definition) is 4. The van der Waals surface area contributed by atoms with Gasteiger partial charge in [0.2, 0.25) is 0 Å². The van der Waals surface area contributed by atoms with Gasteiger partial charge in [-0.15, -0.1) is 0 Å². The van der Waals surface area contributed by atoms with Crippen LogP contribution in [0.25, 0.3) is 0 Å². The van der Waals surface area contributed by atoms with E-state index >= 15 is 0 Å². The molecule has 1 saturated heterocycles. The summed E-state index contributed by atoms with van der Waals surface area (Å²) in [7, 11) is 1.33. The minimum atomic E-state index is -1.41. The number of amides is 4. The van der Waals surface area contributed by atoms with E-state index in [1.165, 1.54) is 7.05 Å². The molecule has 1 aromatic rings. The SMILES string of the molecule is CN/N=C(/C(=O)Nc1ccc([N+](=O)[O-])cc1[N+](=O)[O-])C1NC(=O)NC1=O. The highest BCUT2D eigenvalue weighted by Crippen LogP contribution is 2.29. The summed E-state index contributed by atoms with van der Waals surface area (Å²) in [6.07, 6.45) is 0. The van der Waals surface area contributed by atoms with E-state index in [1.807, 2.05) is 5.32 Å². The van der Waals surface area contributed by atoms with Gasteiger partial charge in [0, 0.05) is 13.1 Å². The molecule has 1 aromatic carbocycles. The number of benzene rings is 1. The van der Waals surface area contributed by atoms with Crippen LogP contribution < -0.4 is 21.4 Å². The van der Waals surface area contributed by atoms with Crippen LogP contribution in [0.4, 0.5) is 21.9 Å². The van der Waals surface area contributed by atoms with Crippen molar-refractivity contribution in [3.05, 3.63) is 38.4 Å². The van der Waals surface area contributed by atoms with Gasteiger partial charge in [-0.3, -0.25) is 35.1 Å². The molecule has 26 heavy (non-hydrogen) atoms. The van der Waals surface area contributed by atoms with Crippen molar-refractivity contribution < 1.29 is 24.2 Å². The Kier molecular flexibility index (Phi) is 5.05. The second-order valence-electron chi connectivity index (χ2n) is 4.79. The largest absolute Gasteiger partial charge is 0.322 e. The van der Waals surface area contributed by atoms with Crippen molar-refractivity contribution in [1.29, 1.82) is 0 Å². The van der Waals surface area contributed by atoms with Gasteiger partial charge < -0.3 is 16.1 Å². The predicted molar refractivity (Wildman–Crippen MR) is 85.3 cm³/mol. The Morgan fingerprint density at radius 2 is 1.92 bits per heavy atom. The van der Waals surface area contributed by atoms with Crippen molar-refractivity contribution >= 4 is 40.6 Å². The zero-order chi connectivity index (χ0) is 19.4. The quantitative estimate of drug-likeness (QED) is 0.218. The second-order valence-corrected chi connectivity index (χ2v) is 4.79. The van der Waals surface area contributed by atoms with Gasteiger partial charge in [0.1, 0.15) is 5.69 Å². The normalized spacial score (nSPS) is 16.5. The van der Waals surface area contributed by atoms with Gasteiger partial charge in [-0.1, -0.05) is 0 Å². The fourth-order valence-corrected chi connectivity index (χ4v) is 2.05. The minimum Gasteiger partial charge on any atom is -0.320 e. The monoisotopic (exact) mass is 365 g/mol. The number of nitrogens with one attached hydrogen (secondary N) is 4. The van der Waals surface area contributed by atoms with Crippen molar-refractivity contribution in [3.8, 4) is 0 Å². The lowest BCUT2D eigenvalue weighted by Crippen LogP contribution is -2.44. The van der Waals surface area contributed by atoms with Crippen LogP contribution in [0.15, 0.2) is 23.3 Å². The standard InChI is InChI=1S/C12H11N7O7/c1-13-17-9(8-10(20)16-12(22)15-8)11(21)14-6-3-2-5(18(23)24)4-7(6)19(25)26/h2-4,8,13H,1H3,(H,14,21)(H2,15,16,20,22)/b17-9+. The third kappa shape index (κ3) is 3.69. The van der Waals surface area contributed by atoms with Gasteiger partial charge in [0.15, 0.2) is 11.8 Å². The molecular weight excluding hydrogens is 354 g/mol. The smallest absolute Gasteiger partial charge is 0.320 e. The molecule has 0 spiro atoms. The third-order valence-corrected chi connectivity index (χ3v) is 3.15. The van der Waals surface area contributed by atoms with Crippen LogP contribution in [0.2, 0.25) is 0 Å². The first-order valence-electron chi connectivity index (χ1n) is 6.84. The maximum atomic E-state index is 12.4. The Balaban J connectivity index is 2.34.